The normalized spacial score (nSPS) is 9.96. The van der Waals surface area contributed by atoms with Gasteiger partial charge in [-0.3, -0.25) is 14.4 Å². The Morgan fingerprint density at radius 1 is 1.09 bits per heavy atom. The molecule has 0 saturated heterocycles. The third kappa shape index (κ3) is 4.92. The molecule has 0 saturated carbocycles. The Bertz CT molecular complexity index is 758. The second-order valence-corrected chi connectivity index (χ2v) is 4.94. The van der Waals surface area contributed by atoms with Crippen LogP contribution in [0.2, 0.25) is 0 Å². The molecule has 1 heterocycles. The number of hydrogen-bond acceptors (Lipinski definition) is 3. The predicted molar refractivity (Wildman–Crippen MR) is 84.5 cm³/mol. The van der Waals surface area contributed by atoms with E-state index in [1.54, 1.807) is 47.2 Å². The molecule has 118 valence electrons. The average molecular weight is 313 g/mol. The van der Waals surface area contributed by atoms with Gasteiger partial charge in [-0.2, -0.15) is 4.57 Å². The molecule has 2 aromatic rings. The molecule has 1 aromatic carbocycles. The standard InChI is InChI=1S/C16H16N4O3/c1-11(21)18-13-5-2-6-14(8-13)19-15(22)10-20-7-3-4-12(9-20)16(17)23/h2-9H,10H2,1H3,(H3-,17,18,19,21,22,23)/p+1. The van der Waals surface area contributed by atoms with Gasteiger partial charge in [-0.25, -0.2) is 0 Å². The Hall–Kier alpha value is -3.22. The minimum absolute atomic E-state index is 0.0332. The highest BCUT2D eigenvalue weighted by Crippen LogP contribution is 2.14. The van der Waals surface area contributed by atoms with Crippen LogP contribution in [-0.2, 0) is 16.1 Å². The minimum Gasteiger partial charge on any atom is -0.365 e. The second kappa shape index (κ2) is 7.17. The smallest absolute Gasteiger partial charge is 0.290 e. The zero-order valence-electron chi connectivity index (χ0n) is 12.6. The highest BCUT2D eigenvalue weighted by Gasteiger charge is 2.12. The Morgan fingerprint density at radius 3 is 2.43 bits per heavy atom. The molecule has 2 rings (SSSR count). The van der Waals surface area contributed by atoms with Crippen molar-refractivity contribution in [3.63, 3.8) is 0 Å². The summed E-state index contributed by atoms with van der Waals surface area (Å²) in [6.07, 6.45) is 3.18. The number of nitrogens with zero attached hydrogens (tertiary/aromatic N) is 1. The lowest BCUT2D eigenvalue weighted by Gasteiger charge is -2.06. The highest BCUT2D eigenvalue weighted by molar-refractivity contribution is 5.93. The van der Waals surface area contributed by atoms with Gasteiger partial charge in [0.05, 0.1) is 0 Å². The molecule has 1 aromatic heterocycles. The fraction of sp³-hybridized carbons (Fsp3) is 0.125. The number of anilines is 2. The topological polar surface area (TPSA) is 105 Å². The molecule has 0 aliphatic heterocycles. The van der Waals surface area contributed by atoms with Gasteiger partial charge >= 0.3 is 0 Å². The van der Waals surface area contributed by atoms with Crippen LogP contribution in [0, 0.1) is 0 Å². The summed E-state index contributed by atoms with van der Waals surface area (Å²) < 4.78 is 1.56. The average Bonchev–Trinajstić information content (AvgIpc) is 2.47. The number of nitrogens with one attached hydrogen (secondary N) is 2. The molecular formula is C16H17N4O3+. The summed E-state index contributed by atoms with van der Waals surface area (Å²) in [6.45, 7) is 1.44. The van der Waals surface area contributed by atoms with E-state index in [2.05, 4.69) is 10.6 Å². The van der Waals surface area contributed by atoms with E-state index in [1.807, 2.05) is 0 Å². The van der Waals surface area contributed by atoms with Crippen LogP contribution in [0.1, 0.15) is 17.3 Å². The van der Waals surface area contributed by atoms with Crippen LogP contribution >= 0.6 is 0 Å². The van der Waals surface area contributed by atoms with Crippen molar-refractivity contribution in [3.8, 4) is 0 Å². The van der Waals surface area contributed by atoms with Gasteiger partial charge in [0.25, 0.3) is 11.8 Å². The van der Waals surface area contributed by atoms with Crippen LogP contribution < -0.4 is 20.9 Å². The molecule has 0 bridgehead atoms. The van der Waals surface area contributed by atoms with Gasteiger partial charge in [0.1, 0.15) is 5.56 Å². The van der Waals surface area contributed by atoms with Gasteiger partial charge in [0.15, 0.2) is 12.4 Å². The molecule has 0 radical (unpaired) electrons. The zero-order chi connectivity index (χ0) is 16.8. The van der Waals surface area contributed by atoms with Gasteiger partial charge in [-0.05, 0) is 24.3 Å². The van der Waals surface area contributed by atoms with Crippen LogP contribution in [0.5, 0.6) is 0 Å². The third-order valence-electron chi connectivity index (χ3n) is 2.94. The number of carbonyl (C=O) groups is 3. The summed E-state index contributed by atoms with van der Waals surface area (Å²) in [4.78, 5) is 34.2. The highest BCUT2D eigenvalue weighted by atomic mass is 16.2. The maximum atomic E-state index is 12.1. The van der Waals surface area contributed by atoms with Crippen molar-refractivity contribution in [2.45, 2.75) is 13.5 Å². The number of carbonyl (C=O) groups excluding carboxylic acids is 3. The van der Waals surface area contributed by atoms with Gasteiger partial charge in [0.2, 0.25) is 12.5 Å². The molecule has 4 N–H and O–H groups in total. The zero-order valence-corrected chi connectivity index (χ0v) is 12.6. The van der Waals surface area contributed by atoms with Crippen molar-refractivity contribution in [1.29, 1.82) is 0 Å². The van der Waals surface area contributed by atoms with Crippen molar-refractivity contribution in [3.05, 3.63) is 54.4 Å². The summed E-state index contributed by atoms with van der Waals surface area (Å²) in [5.41, 5.74) is 6.69. The minimum atomic E-state index is -0.553. The number of aromatic nitrogens is 1. The summed E-state index contributed by atoms with van der Waals surface area (Å²) in [6, 6.07) is 10.0. The number of primary amides is 1. The monoisotopic (exact) mass is 313 g/mol. The first-order valence-corrected chi connectivity index (χ1v) is 6.90. The summed E-state index contributed by atoms with van der Waals surface area (Å²) in [5.74, 6) is -1.01. The van der Waals surface area contributed by atoms with Gasteiger partial charge in [-0.1, -0.05) is 6.07 Å². The van der Waals surface area contributed by atoms with Crippen LogP contribution in [0.3, 0.4) is 0 Å². The lowest BCUT2D eigenvalue weighted by atomic mass is 10.2. The summed E-state index contributed by atoms with van der Waals surface area (Å²) >= 11 is 0. The van der Waals surface area contributed by atoms with E-state index in [9.17, 15) is 14.4 Å². The van der Waals surface area contributed by atoms with Crippen LogP contribution in [0.4, 0.5) is 11.4 Å². The Balaban J connectivity index is 2.03. The SMILES string of the molecule is CC(=O)Nc1cccc(NC(=O)C[n+]2cccc(C(N)=O)c2)c1. The molecule has 23 heavy (non-hydrogen) atoms. The van der Waals surface area contributed by atoms with Crippen molar-refractivity contribution >= 4 is 29.1 Å². The van der Waals surface area contributed by atoms with Crippen molar-refractivity contribution < 1.29 is 19.0 Å². The first kappa shape index (κ1) is 16.2. The first-order valence-electron chi connectivity index (χ1n) is 6.90. The molecular weight excluding hydrogens is 296 g/mol. The maximum absolute atomic E-state index is 12.1. The van der Waals surface area contributed by atoms with E-state index >= 15 is 0 Å². The van der Waals surface area contributed by atoms with E-state index in [1.165, 1.54) is 13.1 Å². The largest absolute Gasteiger partial charge is 0.365 e. The van der Waals surface area contributed by atoms with Crippen molar-refractivity contribution in [2.75, 3.05) is 10.6 Å². The van der Waals surface area contributed by atoms with Gasteiger partial charge in [-0.15, -0.1) is 0 Å². The number of rotatable bonds is 5. The summed E-state index contributed by atoms with van der Waals surface area (Å²) in [5, 5.41) is 5.37. The molecule has 7 heteroatoms. The molecule has 7 nitrogen and oxygen atoms in total. The van der Waals surface area contributed by atoms with Gasteiger partial charge in [0, 0.05) is 24.4 Å². The lowest BCUT2D eigenvalue weighted by molar-refractivity contribution is -0.684. The summed E-state index contributed by atoms with van der Waals surface area (Å²) in [7, 11) is 0. The lowest BCUT2D eigenvalue weighted by Crippen LogP contribution is -2.40. The Kier molecular flexibility index (Phi) is 5.03. The molecule has 0 aliphatic carbocycles. The number of nitrogens with two attached hydrogens (primary N) is 1. The molecule has 3 amide bonds. The number of hydrogen-bond donors (Lipinski definition) is 3. The number of amides is 3. The van der Waals surface area contributed by atoms with Gasteiger partial charge < -0.3 is 16.4 Å². The maximum Gasteiger partial charge on any atom is 0.290 e. The van der Waals surface area contributed by atoms with Crippen LogP contribution in [0.25, 0.3) is 0 Å². The number of benzene rings is 1. The Morgan fingerprint density at radius 2 is 1.78 bits per heavy atom. The predicted octanol–water partition coefficient (Wildman–Crippen LogP) is 0.670. The fourth-order valence-corrected chi connectivity index (χ4v) is 2.01. The Labute approximate surface area is 133 Å². The third-order valence-corrected chi connectivity index (χ3v) is 2.94. The second-order valence-electron chi connectivity index (χ2n) is 4.94. The first-order chi connectivity index (χ1) is 10.9. The molecule has 0 spiro atoms. The van der Waals surface area contributed by atoms with E-state index in [4.69, 9.17) is 5.73 Å². The van der Waals surface area contributed by atoms with Crippen LogP contribution in [-0.4, -0.2) is 17.7 Å². The van der Waals surface area contributed by atoms with Crippen molar-refractivity contribution in [1.82, 2.24) is 0 Å². The molecule has 0 aliphatic rings. The fourth-order valence-electron chi connectivity index (χ4n) is 2.01. The van der Waals surface area contributed by atoms with E-state index in [0.29, 0.717) is 16.9 Å². The van der Waals surface area contributed by atoms with Crippen LogP contribution in [0.15, 0.2) is 48.8 Å². The van der Waals surface area contributed by atoms with Crippen molar-refractivity contribution in [2.24, 2.45) is 5.73 Å². The van der Waals surface area contributed by atoms with E-state index in [-0.39, 0.29) is 18.4 Å². The van der Waals surface area contributed by atoms with E-state index < -0.39 is 5.91 Å². The quantitative estimate of drug-likeness (QED) is 0.706. The molecule has 0 unspecified atom stereocenters. The number of pyridine rings is 1. The van der Waals surface area contributed by atoms with E-state index in [0.717, 1.165) is 0 Å². The molecule has 0 fully saturated rings. The molecule has 0 atom stereocenters.